The topological polar surface area (TPSA) is 83.6 Å². The maximum absolute atomic E-state index is 13.4. The molecule has 0 bridgehead atoms. The zero-order valence-corrected chi connectivity index (χ0v) is 18.4. The molecule has 1 fully saturated rings. The molecule has 1 saturated heterocycles. The highest BCUT2D eigenvalue weighted by atomic mass is 32.2. The van der Waals surface area contributed by atoms with E-state index in [2.05, 4.69) is 15.6 Å². The average Bonchev–Trinajstić information content (AvgIpc) is 3.30. The van der Waals surface area contributed by atoms with Gasteiger partial charge in [-0.1, -0.05) is 48.5 Å². The molecule has 164 valence electrons. The Morgan fingerprint density at radius 1 is 1.09 bits per heavy atom. The molecule has 0 spiro atoms. The van der Waals surface area contributed by atoms with Crippen LogP contribution >= 0.6 is 11.8 Å². The smallest absolute Gasteiger partial charge is 0.323 e. The van der Waals surface area contributed by atoms with Crippen LogP contribution in [0.2, 0.25) is 0 Å². The second-order valence-corrected chi connectivity index (χ2v) is 8.34. The van der Waals surface area contributed by atoms with Crippen LogP contribution < -0.4 is 15.4 Å². The van der Waals surface area contributed by atoms with E-state index in [4.69, 9.17) is 4.74 Å². The Morgan fingerprint density at radius 3 is 2.62 bits per heavy atom. The molecule has 1 aliphatic heterocycles. The second-order valence-electron chi connectivity index (χ2n) is 7.23. The van der Waals surface area contributed by atoms with Crippen LogP contribution in [0.3, 0.4) is 0 Å². The fourth-order valence-electron chi connectivity index (χ4n) is 3.57. The van der Waals surface area contributed by atoms with Gasteiger partial charge in [0.05, 0.1) is 12.8 Å². The molecule has 3 amide bonds. The van der Waals surface area contributed by atoms with E-state index in [0.29, 0.717) is 23.7 Å². The summed E-state index contributed by atoms with van der Waals surface area (Å²) in [5, 5.41) is 5.59. The second kappa shape index (κ2) is 10.2. The van der Waals surface area contributed by atoms with Crippen molar-refractivity contribution in [1.82, 2.24) is 15.2 Å². The minimum absolute atomic E-state index is 0.199. The molecule has 2 aromatic carbocycles. The van der Waals surface area contributed by atoms with Gasteiger partial charge in [0, 0.05) is 24.7 Å². The van der Waals surface area contributed by atoms with Crippen molar-refractivity contribution in [3.8, 4) is 5.75 Å². The predicted octanol–water partition coefficient (Wildman–Crippen LogP) is 4.05. The summed E-state index contributed by atoms with van der Waals surface area (Å²) in [5.74, 6) is 0.856. The lowest BCUT2D eigenvalue weighted by Crippen LogP contribution is -2.49. The Kier molecular flexibility index (Phi) is 6.91. The van der Waals surface area contributed by atoms with E-state index in [1.807, 2.05) is 54.6 Å². The SMILES string of the molecule is COc1ccccc1NC(=O)N1C(C(=O)NCc2cccnc2)CSC1c1ccccc1. The van der Waals surface area contributed by atoms with Gasteiger partial charge in [0.25, 0.3) is 0 Å². The van der Waals surface area contributed by atoms with Crippen LogP contribution in [-0.4, -0.2) is 40.7 Å². The van der Waals surface area contributed by atoms with Crippen LogP contribution in [0.15, 0.2) is 79.1 Å². The van der Waals surface area contributed by atoms with E-state index in [9.17, 15) is 9.59 Å². The number of ether oxygens (including phenoxy) is 1. The average molecular weight is 449 g/mol. The number of pyridine rings is 1. The van der Waals surface area contributed by atoms with Crippen LogP contribution in [-0.2, 0) is 11.3 Å². The lowest BCUT2D eigenvalue weighted by Gasteiger charge is -2.29. The maximum atomic E-state index is 13.4. The summed E-state index contributed by atoms with van der Waals surface area (Å²) in [7, 11) is 1.55. The number of anilines is 1. The van der Waals surface area contributed by atoms with E-state index in [0.717, 1.165) is 11.1 Å². The van der Waals surface area contributed by atoms with Crippen molar-refractivity contribution in [2.24, 2.45) is 0 Å². The number of nitrogens with zero attached hydrogens (tertiary/aromatic N) is 2. The summed E-state index contributed by atoms with van der Waals surface area (Å²) < 4.78 is 5.36. The monoisotopic (exact) mass is 448 g/mol. The minimum atomic E-state index is -0.614. The molecule has 2 atom stereocenters. The number of methoxy groups -OCH3 is 1. The van der Waals surface area contributed by atoms with Crippen molar-refractivity contribution in [3.63, 3.8) is 0 Å². The Balaban J connectivity index is 1.56. The molecule has 2 heterocycles. The van der Waals surface area contributed by atoms with Crippen molar-refractivity contribution in [2.75, 3.05) is 18.2 Å². The van der Waals surface area contributed by atoms with E-state index >= 15 is 0 Å². The Labute approximate surface area is 191 Å². The highest BCUT2D eigenvalue weighted by Gasteiger charge is 2.42. The fourth-order valence-corrected chi connectivity index (χ4v) is 5.00. The highest BCUT2D eigenvalue weighted by molar-refractivity contribution is 7.99. The predicted molar refractivity (Wildman–Crippen MR) is 125 cm³/mol. The lowest BCUT2D eigenvalue weighted by atomic mass is 10.1. The molecular weight excluding hydrogens is 424 g/mol. The number of carbonyl (C=O) groups is 2. The van der Waals surface area contributed by atoms with Gasteiger partial charge in [-0.15, -0.1) is 11.8 Å². The van der Waals surface area contributed by atoms with Crippen molar-refractivity contribution in [1.29, 1.82) is 0 Å². The molecule has 3 aromatic rings. The minimum Gasteiger partial charge on any atom is -0.495 e. The normalized spacial score (nSPS) is 17.6. The Bertz CT molecular complexity index is 1070. The third-order valence-corrected chi connectivity index (χ3v) is 6.48. The first-order valence-electron chi connectivity index (χ1n) is 10.2. The third-order valence-electron chi connectivity index (χ3n) is 5.16. The first kappa shape index (κ1) is 21.7. The molecule has 7 nitrogen and oxygen atoms in total. The number of carbonyl (C=O) groups excluding carboxylic acids is 2. The summed E-state index contributed by atoms with van der Waals surface area (Å²) in [5.41, 5.74) is 2.42. The Morgan fingerprint density at radius 2 is 1.88 bits per heavy atom. The number of amides is 3. The molecule has 0 saturated carbocycles. The maximum Gasteiger partial charge on any atom is 0.323 e. The lowest BCUT2D eigenvalue weighted by molar-refractivity contribution is -0.124. The van der Waals surface area contributed by atoms with Crippen LogP contribution in [0.25, 0.3) is 0 Å². The van der Waals surface area contributed by atoms with E-state index < -0.39 is 6.04 Å². The zero-order valence-electron chi connectivity index (χ0n) is 17.6. The summed E-state index contributed by atoms with van der Waals surface area (Å²) >= 11 is 1.57. The molecule has 1 aromatic heterocycles. The largest absolute Gasteiger partial charge is 0.495 e. The van der Waals surface area contributed by atoms with E-state index in [1.165, 1.54) is 0 Å². The van der Waals surface area contributed by atoms with Gasteiger partial charge in [0.15, 0.2) is 0 Å². The quantitative estimate of drug-likeness (QED) is 0.594. The van der Waals surface area contributed by atoms with Gasteiger partial charge in [-0.05, 0) is 29.3 Å². The first-order chi connectivity index (χ1) is 15.7. The first-order valence-corrected chi connectivity index (χ1v) is 11.3. The highest BCUT2D eigenvalue weighted by Crippen LogP contribution is 2.42. The number of rotatable bonds is 6. The number of hydrogen-bond donors (Lipinski definition) is 2. The molecular formula is C24H24N4O3S. The van der Waals surface area contributed by atoms with Gasteiger partial charge in [-0.25, -0.2) is 4.79 Å². The van der Waals surface area contributed by atoms with Crippen molar-refractivity contribution in [3.05, 3.63) is 90.3 Å². The molecule has 32 heavy (non-hydrogen) atoms. The Hall–Kier alpha value is -3.52. The number of hydrogen-bond acceptors (Lipinski definition) is 5. The number of benzene rings is 2. The van der Waals surface area contributed by atoms with Crippen molar-refractivity contribution >= 4 is 29.4 Å². The third kappa shape index (κ3) is 4.86. The molecule has 4 rings (SSSR count). The molecule has 0 aliphatic carbocycles. The summed E-state index contributed by atoms with van der Waals surface area (Å²) in [6.07, 6.45) is 3.40. The van der Waals surface area contributed by atoms with Gasteiger partial charge in [0.1, 0.15) is 17.2 Å². The summed E-state index contributed by atoms with van der Waals surface area (Å²) in [4.78, 5) is 32.2. The van der Waals surface area contributed by atoms with Crippen LogP contribution in [0.5, 0.6) is 5.75 Å². The number of aromatic nitrogens is 1. The van der Waals surface area contributed by atoms with E-state index in [1.54, 1.807) is 48.3 Å². The van der Waals surface area contributed by atoms with Crippen molar-refractivity contribution in [2.45, 2.75) is 18.0 Å². The van der Waals surface area contributed by atoms with Gasteiger partial charge in [0.2, 0.25) is 5.91 Å². The van der Waals surface area contributed by atoms with E-state index in [-0.39, 0.29) is 17.3 Å². The number of nitrogens with one attached hydrogen (secondary N) is 2. The van der Waals surface area contributed by atoms with Gasteiger partial charge in [-0.2, -0.15) is 0 Å². The zero-order chi connectivity index (χ0) is 22.3. The van der Waals surface area contributed by atoms with Crippen molar-refractivity contribution < 1.29 is 14.3 Å². The molecule has 2 unspecified atom stereocenters. The van der Waals surface area contributed by atoms with Crippen LogP contribution in [0.1, 0.15) is 16.5 Å². The number of para-hydroxylation sites is 2. The molecule has 0 radical (unpaired) electrons. The number of urea groups is 1. The van der Waals surface area contributed by atoms with Gasteiger partial charge in [-0.3, -0.25) is 14.7 Å². The molecule has 1 aliphatic rings. The van der Waals surface area contributed by atoms with Crippen LogP contribution in [0.4, 0.5) is 10.5 Å². The number of thioether (sulfide) groups is 1. The van der Waals surface area contributed by atoms with Crippen LogP contribution in [0, 0.1) is 0 Å². The summed E-state index contributed by atoms with van der Waals surface area (Å²) in [6, 6.07) is 19.7. The fraction of sp³-hybridized carbons (Fsp3) is 0.208. The summed E-state index contributed by atoms with van der Waals surface area (Å²) in [6.45, 7) is 0.353. The van der Waals surface area contributed by atoms with Gasteiger partial charge >= 0.3 is 6.03 Å². The standard InChI is InChI=1S/C24H24N4O3S/c1-31-21-12-6-5-11-19(21)27-24(30)28-20(16-32-23(28)18-9-3-2-4-10-18)22(29)26-15-17-8-7-13-25-14-17/h2-14,20,23H,15-16H2,1H3,(H,26,29)(H,27,30). The molecule has 8 heteroatoms. The van der Waals surface area contributed by atoms with Gasteiger partial charge < -0.3 is 15.4 Å². The molecule has 2 N–H and O–H groups in total.